The summed E-state index contributed by atoms with van der Waals surface area (Å²) in [6.07, 6.45) is -1.20. The first-order chi connectivity index (χ1) is 16.6. The summed E-state index contributed by atoms with van der Waals surface area (Å²) in [5.41, 5.74) is 1.77. The molecule has 4 atom stereocenters. The third kappa shape index (κ3) is 8.71. The SMILES string of the molecule is C[C@H](O)CN1CCN2Cc3cc(CN(CC(=O)O)CC(=O)O)ccc3OC(C2)N(C[C@H](C)O)CC1. The smallest absolute Gasteiger partial charge is 0.317 e. The van der Waals surface area contributed by atoms with Crippen LogP contribution in [-0.2, 0) is 22.7 Å². The highest BCUT2D eigenvalue weighted by Gasteiger charge is 2.31. The Balaban J connectivity index is 1.83. The summed E-state index contributed by atoms with van der Waals surface area (Å²) in [5, 5.41) is 38.3. The number of β-amino-alcohol motifs (C(OH)–C–C–N with tert-alkyl or cyclic N) is 2. The molecule has 0 radical (unpaired) electrons. The Hall–Kier alpha value is -2.28. The number of hydrogen-bond acceptors (Lipinski definition) is 9. The van der Waals surface area contributed by atoms with E-state index in [0.29, 0.717) is 32.7 Å². The van der Waals surface area contributed by atoms with Crippen molar-refractivity contribution < 1.29 is 34.8 Å². The molecule has 1 fully saturated rings. The largest absolute Gasteiger partial charge is 0.480 e. The van der Waals surface area contributed by atoms with Crippen molar-refractivity contribution in [3.05, 3.63) is 29.3 Å². The van der Waals surface area contributed by atoms with Crippen LogP contribution in [0.1, 0.15) is 25.0 Å². The number of aliphatic hydroxyl groups is 2. The number of carboxylic acid groups (broad SMARTS) is 2. The second-order valence-electron chi connectivity index (χ2n) is 9.68. The molecule has 2 bridgehead atoms. The van der Waals surface area contributed by atoms with Crippen molar-refractivity contribution in [1.82, 2.24) is 19.6 Å². The molecule has 0 aliphatic carbocycles. The third-order valence-electron chi connectivity index (χ3n) is 6.18. The van der Waals surface area contributed by atoms with E-state index in [0.717, 1.165) is 36.5 Å². The van der Waals surface area contributed by atoms with Gasteiger partial charge >= 0.3 is 11.9 Å². The van der Waals surface area contributed by atoms with E-state index in [1.54, 1.807) is 13.8 Å². The van der Waals surface area contributed by atoms with Crippen LogP contribution in [0.4, 0.5) is 0 Å². The molecular formula is C24H38N4O7. The molecule has 2 aliphatic heterocycles. The maximum absolute atomic E-state index is 11.2. The highest BCUT2D eigenvalue weighted by Crippen LogP contribution is 2.28. The monoisotopic (exact) mass is 494 g/mol. The lowest BCUT2D eigenvalue weighted by atomic mass is 10.1. The van der Waals surface area contributed by atoms with E-state index in [4.69, 9.17) is 14.9 Å². The Kier molecular flexibility index (Phi) is 9.84. The molecule has 1 saturated heterocycles. The fourth-order valence-corrected chi connectivity index (χ4v) is 4.76. The molecule has 2 aliphatic rings. The van der Waals surface area contributed by atoms with Crippen molar-refractivity contribution >= 4 is 11.9 Å². The first-order valence-electron chi connectivity index (χ1n) is 12.1. The number of ether oxygens (including phenoxy) is 1. The standard InChI is InChI=1S/C24H38N4O7/c1-17(29)10-25-5-6-26-13-20-9-19(12-27(15-23(31)32)16-24(33)34)3-4-21(20)35-22(14-26)28(8-7-25)11-18(2)30/h3-4,9,17-18,22,29-30H,5-8,10-16H2,1-2H3,(H,31,32)(H,33,34)/t17-,18-,22?/m0/s1. The Morgan fingerprint density at radius 2 is 1.69 bits per heavy atom. The van der Waals surface area contributed by atoms with Gasteiger partial charge in [0.15, 0.2) is 6.23 Å². The molecular weight excluding hydrogens is 456 g/mol. The van der Waals surface area contributed by atoms with Gasteiger partial charge in [0.2, 0.25) is 0 Å². The maximum Gasteiger partial charge on any atom is 0.317 e. The number of benzene rings is 1. The fourth-order valence-electron chi connectivity index (χ4n) is 4.76. The predicted molar refractivity (Wildman–Crippen MR) is 128 cm³/mol. The fraction of sp³-hybridized carbons (Fsp3) is 0.667. The van der Waals surface area contributed by atoms with E-state index in [-0.39, 0.29) is 25.9 Å². The molecule has 0 saturated carbocycles. The quantitative estimate of drug-likeness (QED) is 0.337. The third-order valence-corrected chi connectivity index (χ3v) is 6.18. The van der Waals surface area contributed by atoms with E-state index in [1.807, 2.05) is 18.2 Å². The molecule has 2 unspecified atom stereocenters. The van der Waals surface area contributed by atoms with Gasteiger partial charge in [-0.25, -0.2) is 0 Å². The van der Waals surface area contributed by atoms with Gasteiger partial charge in [-0.1, -0.05) is 6.07 Å². The summed E-state index contributed by atoms with van der Waals surface area (Å²) in [6, 6.07) is 5.67. The summed E-state index contributed by atoms with van der Waals surface area (Å²) >= 11 is 0. The number of nitrogens with zero attached hydrogens (tertiary/aromatic N) is 4. The van der Waals surface area contributed by atoms with Crippen LogP contribution in [-0.4, -0.2) is 129 Å². The van der Waals surface area contributed by atoms with Gasteiger partial charge in [0.1, 0.15) is 5.75 Å². The summed E-state index contributed by atoms with van der Waals surface area (Å²) in [7, 11) is 0. The molecule has 4 N–H and O–H groups in total. The number of hydrogen-bond donors (Lipinski definition) is 4. The minimum atomic E-state index is -1.08. The van der Waals surface area contributed by atoms with Gasteiger partial charge < -0.3 is 25.2 Å². The lowest BCUT2D eigenvalue weighted by Crippen LogP contribution is -2.49. The molecule has 0 amide bonds. The molecule has 2 heterocycles. The Labute approximate surface area is 206 Å². The molecule has 196 valence electrons. The van der Waals surface area contributed by atoms with Gasteiger partial charge in [-0.05, 0) is 31.5 Å². The van der Waals surface area contributed by atoms with Crippen molar-refractivity contribution in [2.45, 2.75) is 45.4 Å². The molecule has 1 aromatic rings. The van der Waals surface area contributed by atoms with Gasteiger partial charge in [-0.2, -0.15) is 0 Å². The number of carbonyl (C=O) groups is 2. The number of aliphatic carboxylic acids is 2. The molecule has 0 spiro atoms. The lowest BCUT2D eigenvalue weighted by Gasteiger charge is -2.33. The second-order valence-corrected chi connectivity index (χ2v) is 9.68. The lowest BCUT2D eigenvalue weighted by molar-refractivity contribution is -0.142. The topological polar surface area (TPSA) is 137 Å². The van der Waals surface area contributed by atoms with Crippen molar-refractivity contribution in [3.63, 3.8) is 0 Å². The highest BCUT2D eigenvalue weighted by molar-refractivity contribution is 5.72. The van der Waals surface area contributed by atoms with E-state index in [9.17, 15) is 19.8 Å². The van der Waals surface area contributed by atoms with Gasteiger partial charge in [-0.3, -0.25) is 29.2 Å². The van der Waals surface area contributed by atoms with Crippen LogP contribution >= 0.6 is 0 Å². The zero-order chi connectivity index (χ0) is 25.5. The molecule has 35 heavy (non-hydrogen) atoms. The zero-order valence-corrected chi connectivity index (χ0v) is 20.5. The first kappa shape index (κ1) is 27.3. The molecule has 11 nitrogen and oxygen atoms in total. The van der Waals surface area contributed by atoms with Crippen molar-refractivity contribution in [1.29, 1.82) is 0 Å². The van der Waals surface area contributed by atoms with E-state index in [1.165, 1.54) is 4.90 Å². The number of rotatable bonds is 10. The summed E-state index contributed by atoms with van der Waals surface area (Å²) in [5.74, 6) is -1.41. The van der Waals surface area contributed by atoms with Crippen molar-refractivity contribution in [2.24, 2.45) is 0 Å². The Bertz CT molecular complexity index is 850. The molecule has 0 aromatic heterocycles. The summed E-state index contributed by atoms with van der Waals surface area (Å²) in [4.78, 5) is 30.4. The van der Waals surface area contributed by atoms with Crippen LogP contribution < -0.4 is 4.74 Å². The van der Waals surface area contributed by atoms with Crippen LogP contribution in [0, 0.1) is 0 Å². The summed E-state index contributed by atoms with van der Waals surface area (Å²) in [6.45, 7) is 8.38. The van der Waals surface area contributed by atoms with Crippen LogP contribution in [0.2, 0.25) is 0 Å². The van der Waals surface area contributed by atoms with E-state index in [2.05, 4.69) is 14.7 Å². The van der Waals surface area contributed by atoms with Crippen molar-refractivity contribution in [3.8, 4) is 5.75 Å². The van der Waals surface area contributed by atoms with Crippen molar-refractivity contribution in [2.75, 3.05) is 58.9 Å². The minimum Gasteiger partial charge on any atom is -0.480 e. The second kappa shape index (κ2) is 12.6. The highest BCUT2D eigenvalue weighted by atomic mass is 16.5. The molecule has 1 aromatic carbocycles. The van der Waals surface area contributed by atoms with Crippen LogP contribution in [0.25, 0.3) is 0 Å². The predicted octanol–water partition coefficient (Wildman–Crippen LogP) is -0.442. The van der Waals surface area contributed by atoms with E-state index < -0.39 is 24.1 Å². The normalized spacial score (nSPS) is 23.2. The van der Waals surface area contributed by atoms with Crippen LogP contribution in [0.15, 0.2) is 18.2 Å². The average molecular weight is 495 g/mol. The molecule has 11 heteroatoms. The Morgan fingerprint density at radius 1 is 1.03 bits per heavy atom. The minimum absolute atomic E-state index is 0.200. The Morgan fingerprint density at radius 3 is 2.31 bits per heavy atom. The van der Waals surface area contributed by atoms with Crippen LogP contribution in [0.3, 0.4) is 0 Å². The first-order valence-corrected chi connectivity index (χ1v) is 12.1. The van der Waals surface area contributed by atoms with Gasteiger partial charge in [0.05, 0.1) is 25.3 Å². The maximum atomic E-state index is 11.2. The van der Waals surface area contributed by atoms with Gasteiger partial charge in [0, 0.05) is 64.5 Å². The zero-order valence-electron chi connectivity index (χ0n) is 20.5. The van der Waals surface area contributed by atoms with Gasteiger partial charge in [0.25, 0.3) is 0 Å². The van der Waals surface area contributed by atoms with E-state index >= 15 is 0 Å². The van der Waals surface area contributed by atoms with Crippen LogP contribution in [0.5, 0.6) is 5.75 Å². The summed E-state index contributed by atoms with van der Waals surface area (Å²) < 4.78 is 6.44. The molecule has 3 rings (SSSR count). The average Bonchev–Trinajstić information content (AvgIpc) is 2.87. The number of carboxylic acids is 2. The van der Waals surface area contributed by atoms with Gasteiger partial charge in [-0.15, -0.1) is 0 Å². The number of fused-ring (bicyclic) bond motifs is 3. The number of aliphatic hydroxyl groups excluding tert-OH is 2.